The Kier molecular flexibility index (Phi) is 1.90. The van der Waals surface area contributed by atoms with E-state index in [9.17, 15) is 0 Å². The Morgan fingerprint density at radius 3 is 2.38 bits per heavy atom. The molecule has 1 saturated carbocycles. The molecule has 1 fully saturated rings. The molecular formula is C7H15N. The first-order valence-electron chi connectivity index (χ1n) is 3.50. The molecule has 1 rings (SSSR count). The molecule has 0 aromatic carbocycles. The zero-order chi connectivity index (χ0) is 5.98. The second-order valence-electron chi connectivity index (χ2n) is 2.90. The van der Waals surface area contributed by atoms with Crippen LogP contribution in [0.5, 0.6) is 0 Å². The minimum Gasteiger partial charge on any atom is -0.317 e. The molecule has 0 aromatic heterocycles. The largest absolute Gasteiger partial charge is 0.317 e. The third-order valence-electron chi connectivity index (χ3n) is 2.10. The number of hydrogen-bond donors (Lipinski definition) is 1. The van der Waals surface area contributed by atoms with Crippen molar-refractivity contribution in [1.82, 2.24) is 5.32 Å². The summed E-state index contributed by atoms with van der Waals surface area (Å²) in [6, 6.07) is 0.824. The van der Waals surface area contributed by atoms with E-state index in [1.807, 2.05) is 0 Å². The van der Waals surface area contributed by atoms with E-state index in [2.05, 4.69) is 19.3 Å². The molecule has 48 valence electrons. The highest BCUT2D eigenvalue weighted by Crippen LogP contribution is 2.23. The van der Waals surface area contributed by atoms with Gasteiger partial charge in [0.25, 0.3) is 0 Å². The summed E-state index contributed by atoms with van der Waals surface area (Å²) in [6.45, 7) is 2.33. The molecule has 1 heteroatoms. The highest BCUT2D eigenvalue weighted by Gasteiger charge is 2.18. The van der Waals surface area contributed by atoms with Gasteiger partial charge < -0.3 is 5.32 Å². The van der Waals surface area contributed by atoms with Crippen molar-refractivity contribution in [1.29, 1.82) is 0 Å². The smallest absolute Gasteiger partial charge is 0.00667 e. The van der Waals surface area contributed by atoms with Crippen LogP contribution >= 0.6 is 0 Å². The first kappa shape index (κ1) is 6.09. The monoisotopic (exact) mass is 113 g/mol. The zero-order valence-corrected chi connectivity index (χ0v) is 5.78. The molecule has 0 saturated heterocycles. The Morgan fingerprint density at radius 2 is 2.12 bits per heavy atom. The summed E-state index contributed by atoms with van der Waals surface area (Å²) in [4.78, 5) is 0. The maximum atomic E-state index is 3.29. The van der Waals surface area contributed by atoms with Gasteiger partial charge in [0.05, 0.1) is 0 Å². The Morgan fingerprint density at radius 1 is 1.38 bits per heavy atom. The second-order valence-corrected chi connectivity index (χ2v) is 2.90. The van der Waals surface area contributed by atoms with Gasteiger partial charge in [-0.1, -0.05) is 6.92 Å². The Bertz CT molecular complexity index is 70.8. The molecule has 0 bridgehead atoms. The van der Waals surface area contributed by atoms with Crippen LogP contribution in [0.3, 0.4) is 0 Å². The van der Waals surface area contributed by atoms with Crippen LogP contribution in [-0.4, -0.2) is 13.1 Å². The highest BCUT2D eigenvalue weighted by atomic mass is 14.9. The van der Waals surface area contributed by atoms with Gasteiger partial charge in [0.1, 0.15) is 0 Å². The van der Waals surface area contributed by atoms with Gasteiger partial charge in [-0.25, -0.2) is 0 Å². The molecule has 1 nitrogen and oxygen atoms in total. The third kappa shape index (κ3) is 1.22. The van der Waals surface area contributed by atoms with E-state index in [1.54, 1.807) is 0 Å². The molecule has 2 atom stereocenters. The lowest BCUT2D eigenvalue weighted by molar-refractivity contribution is 0.544. The molecule has 0 unspecified atom stereocenters. The molecule has 0 heterocycles. The van der Waals surface area contributed by atoms with E-state index in [0.29, 0.717) is 0 Å². The molecule has 0 aliphatic heterocycles. The Balaban J connectivity index is 2.22. The van der Waals surface area contributed by atoms with Crippen LogP contribution in [0.25, 0.3) is 0 Å². The van der Waals surface area contributed by atoms with Crippen molar-refractivity contribution < 1.29 is 0 Å². The van der Waals surface area contributed by atoms with Crippen LogP contribution in [0.4, 0.5) is 0 Å². The van der Waals surface area contributed by atoms with Crippen molar-refractivity contribution in [2.75, 3.05) is 7.05 Å². The summed E-state index contributed by atoms with van der Waals surface area (Å²) in [6.07, 6.45) is 4.19. The Labute approximate surface area is 51.5 Å². The first-order valence-corrected chi connectivity index (χ1v) is 3.50. The molecule has 1 N–H and O–H groups in total. The number of nitrogens with one attached hydrogen (secondary N) is 1. The van der Waals surface area contributed by atoms with Crippen LogP contribution in [-0.2, 0) is 0 Å². The molecule has 0 radical (unpaired) electrons. The van der Waals surface area contributed by atoms with Gasteiger partial charge in [-0.15, -0.1) is 0 Å². The number of hydrogen-bond acceptors (Lipinski definition) is 1. The van der Waals surface area contributed by atoms with Crippen molar-refractivity contribution in [2.24, 2.45) is 5.92 Å². The van der Waals surface area contributed by atoms with Gasteiger partial charge in [-0.05, 0) is 32.2 Å². The predicted molar refractivity (Wildman–Crippen MR) is 35.9 cm³/mol. The Hall–Kier alpha value is -0.0400. The van der Waals surface area contributed by atoms with Crippen LogP contribution in [0.1, 0.15) is 26.2 Å². The minimum atomic E-state index is 0.824. The van der Waals surface area contributed by atoms with E-state index in [1.165, 1.54) is 19.3 Å². The van der Waals surface area contributed by atoms with Crippen molar-refractivity contribution in [2.45, 2.75) is 32.2 Å². The molecule has 0 spiro atoms. The second kappa shape index (κ2) is 2.49. The topological polar surface area (TPSA) is 12.0 Å². The highest BCUT2D eigenvalue weighted by molar-refractivity contribution is 4.76. The fraction of sp³-hybridized carbons (Fsp3) is 1.00. The fourth-order valence-corrected chi connectivity index (χ4v) is 1.47. The maximum Gasteiger partial charge on any atom is 0.00667 e. The summed E-state index contributed by atoms with van der Waals surface area (Å²) in [7, 11) is 2.06. The predicted octanol–water partition coefficient (Wildman–Crippen LogP) is 1.39. The lowest BCUT2D eigenvalue weighted by atomic mass is 10.1. The van der Waals surface area contributed by atoms with Gasteiger partial charge in [-0.2, -0.15) is 0 Å². The van der Waals surface area contributed by atoms with Crippen molar-refractivity contribution in [3.63, 3.8) is 0 Å². The van der Waals surface area contributed by atoms with E-state index < -0.39 is 0 Å². The van der Waals surface area contributed by atoms with Crippen molar-refractivity contribution >= 4 is 0 Å². The third-order valence-corrected chi connectivity index (χ3v) is 2.10. The van der Waals surface area contributed by atoms with Crippen LogP contribution in [0.15, 0.2) is 0 Å². The number of rotatable bonds is 1. The van der Waals surface area contributed by atoms with Gasteiger partial charge >= 0.3 is 0 Å². The SMILES string of the molecule is CN[C@H]1CC[C@H](C)C1. The van der Waals surface area contributed by atoms with E-state index >= 15 is 0 Å². The van der Waals surface area contributed by atoms with Gasteiger partial charge in [0.15, 0.2) is 0 Å². The van der Waals surface area contributed by atoms with Crippen molar-refractivity contribution in [3.8, 4) is 0 Å². The van der Waals surface area contributed by atoms with E-state index in [4.69, 9.17) is 0 Å². The first-order chi connectivity index (χ1) is 3.83. The average molecular weight is 113 g/mol. The lowest BCUT2D eigenvalue weighted by Gasteiger charge is -2.04. The summed E-state index contributed by atoms with van der Waals surface area (Å²) in [5, 5.41) is 3.29. The normalized spacial score (nSPS) is 38.2. The quantitative estimate of drug-likeness (QED) is 0.542. The lowest BCUT2D eigenvalue weighted by Crippen LogP contribution is -2.20. The summed E-state index contributed by atoms with van der Waals surface area (Å²) >= 11 is 0. The van der Waals surface area contributed by atoms with Gasteiger partial charge in [-0.3, -0.25) is 0 Å². The molecule has 1 aliphatic carbocycles. The molecule has 1 aliphatic rings. The van der Waals surface area contributed by atoms with E-state index in [0.717, 1.165) is 12.0 Å². The van der Waals surface area contributed by atoms with Crippen molar-refractivity contribution in [3.05, 3.63) is 0 Å². The van der Waals surface area contributed by atoms with Crippen LogP contribution in [0, 0.1) is 5.92 Å². The zero-order valence-electron chi connectivity index (χ0n) is 5.78. The molecule has 0 amide bonds. The van der Waals surface area contributed by atoms with Gasteiger partial charge in [0.2, 0.25) is 0 Å². The molecular weight excluding hydrogens is 98.1 g/mol. The summed E-state index contributed by atoms with van der Waals surface area (Å²) < 4.78 is 0. The summed E-state index contributed by atoms with van der Waals surface area (Å²) in [5.41, 5.74) is 0. The minimum absolute atomic E-state index is 0.824. The summed E-state index contributed by atoms with van der Waals surface area (Å²) in [5.74, 6) is 0.965. The van der Waals surface area contributed by atoms with Crippen LogP contribution in [0.2, 0.25) is 0 Å². The average Bonchev–Trinajstić information content (AvgIpc) is 2.14. The van der Waals surface area contributed by atoms with Gasteiger partial charge in [0, 0.05) is 6.04 Å². The molecule has 0 aromatic rings. The fourth-order valence-electron chi connectivity index (χ4n) is 1.47. The van der Waals surface area contributed by atoms with E-state index in [-0.39, 0.29) is 0 Å². The maximum absolute atomic E-state index is 3.29. The molecule has 8 heavy (non-hydrogen) atoms. The van der Waals surface area contributed by atoms with Crippen LogP contribution < -0.4 is 5.32 Å². The standard InChI is InChI=1S/C7H15N/c1-6-3-4-7(5-6)8-2/h6-8H,3-5H2,1-2H3/t6-,7-/m0/s1.